The molecule has 158 valence electrons. The van der Waals surface area contributed by atoms with Gasteiger partial charge in [0.1, 0.15) is 17.1 Å². The lowest BCUT2D eigenvalue weighted by atomic mass is 10.1. The fourth-order valence-corrected chi connectivity index (χ4v) is 5.56. The lowest BCUT2D eigenvalue weighted by molar-refractivity contribution is -0.133. The molecule has 1 aliphatic heterocycles. The maximum Gasteiger partial charge on any atom is 0.227 e. The number of furan rings is 1. The number of methoxy groups -OCH3 is 1. The number of sulfone groups is 1. The maximum atomic E-state index is 13.7. The zero-order valence-corrected chi connectivity index (χ0v) is 17.3. The summed E-state index contributed by atoms with van der Waals surface area (Å²) in [5.74, 6) is 0.0981. The number of ether oxygens (including phenoxy) is 1. The second kappa shape index (κ2) is 8.10. The van der Waals surface area contributed by atoms with Crippen molar-refractivity contribution in [3.8, 4) is 5.75 Å². The largest absolute Gasteiger partial charge is 0.497 e. The molecule has 8 heteroatoms. The van der Waals surface area contributed by atoms with E-state index in [-0.39, 0.29) is 36.4 Å². The van der Waals surface area contributed by atoms with Gasteiger partial charge in [-0.3, -0.25) is 4.79 Å². The molecule has 4 rings (SSSR count). The number of carbonyl (C=O) groups is 1. The Morgan fingerprint density at radius 2 is 2.00 bits per heavy atom. The van der Waals surface area contributed by atoms with Gasteiger partial charge in [-0.2, -0.15) is 0 Å². The molecule has 1 saturated heterocycles. The van der Waals surface area contributed by atoms with E-state index >= 15 is 0 Å². The smallest absolute Gasteiger partial charge is 0.227 e. The molecule has 0 bridgehead atoms. The second-order valence-corrected chi connectivity index (χ2v) is 9.73. The Bertz CT molecular complexity index is 1170. The van der Waals surface area contributed by atoms with E-state index in [0.29, 0.717) is 28.7 Å². The normalized spacial score (nSPS) is 17.9. The minimum absolute atomic E-state index is 0.00313. The predicted octanol–water partition coefficient (Wildman–Crippen LogP) is 3.34. The summed E-state index contributed by atoms with van der Waals surface area (Å²) in [5, 5.41) is 0.548. The molecule has 6 nitrogen and oxygen atoms in total. The zero-order valence-electron chi connectivity index (χ0n) is 16.5. The van der Waals surface area contributed by atoms with Gasteiger partial charge >= 0.3 is 0 Å². The molecule has 1 amide bonds. The van der Waals surface area contributed by atoms with Crippen molar-refractivity contribution in [2.75, 3.05) is 18.6 Å². The lowest BCUT2D eigenvalue weighted by Gasteiger charge is -2.28. The van der Waals surface area contributed by atoms with Gasteiger partial charge in [0.2, 0.25) is 5.91 Å². The van der Waals surface area contributed by atoms with Gasteiger partial charge < -0.3 is 14.1 Å². The summed E-state index contributed by atoms with van der Waals surface area (Å²) in [6.07, 6.45) is 1.87. The highest BCUT2D eigenvalue weighted by atomic mass is 32.2. The Kier molecular flexibility index (Phi) is 5.51. The van der Waals surface area contributed by atoms with Crippen LogP contribution in [0.15, 0.2) is 53.1 Å². The summed E-state index contributed by atoms with van der Waals surface area (Å²) in [6.45, 7) is 0.285. The second-order valence-electron chi connectivity index (χ2n) is 7.50. The third-order valence-electron chi connectivity index (χ3n) is 5.44. The molecule has 0 spiro atoms. The third kappa shape index (κ3) is 4.33. The van der Waals surface area contributed by atoms with Crippen molar-refractivity contribution in [2.24, 2.45) is 0 Å². The summed E-state index contributed by atoms with van der Waals surface area (Å²) < 4.78 is 48.3. The standard InChI is InChI=1S/C22H22FNO5S/c1-28-19-5-2-15(3-6-19)12-24(18-8-9-30(26,27)14-18)22(25)10-16-13-29-21-7-4-17(23)11-20(16)21/h2-7,11,13,18H,8-10,12,14H2,1H3. The highest BCUT2D eigenvalue weighted by Gasteiger charge is 2.34. The molecule has 30 heavy (non-hydrogen) atoms. The predicted molar refractivity (Wildman–Crippen MR) is 110 cm³/mol. The minimum atomic E-state index is -3.16. The van der Waals surface area contributed by atoms with Crippen LogP contribution in [0.5, 0.6) is 5.75 Å². The molecule has 1 aliphatic rings. The Morgan fingerprint density at radius 1 is 1.23 bits per heavy atom. The molecular formula is C22H22FNO5S. The molecule has 0 aliphatic carbocycles. The summed E-state index contributed by atoms with van der Waals surface area (Å²) in [7, 11) is -1.59. The van der Waals surface area contributed by atoms with E-state index in [4.69, 9.17) is 9.15 Å². The van der Waals surface area contributed by atoms with E-state index < -0.39 is 15.7 Å². The van der Waals surface area contributed by atoms with Gasteiger partial charge in [-0.1, -0.05) is 12.1 Å². The van der Waals surface area contributed by atoms with Crippen LogP contribution in [0.1, 0.15) is 17.5 Å². The van der Waals surface area contributed by atoms with Gasteiger partial charge in [0.25, 0.3) is 0 Å². The van der Waals surface area contributed by atoms with Gasteiger partial charge in [0.15, 0.2) is 9.84 Å². The van der Waals surface area contributed by atoms with E-state index in [9.17, 15) is 17.6 Å². The maximum absolute atomic E-state index is 13.7. The monoisotopic (exact) mass is 431 g/mol. The van der Waals surface area contributed by atoms with Crippen LogP contribution in [0.3, 0.4) is 0 Å². The van der Waals surface area contributed by atoms with Crippen molar-refractivity contribution in [1.82, 2.24) is 4.90 Å². The first-order valence-electron chi connectivity index (χ1n) is 9.63. The van der Waals surface area contributed by atoms with Gasteiger partial charge in [0.05, 0.1) is 31.3 Å². The first kappa shape index (κ1) is 20.4. The third-order valence-corrected chi connectivity index (χ3v) is 7.19. The molecule has 0 N–H and O–H groups in total. The lowest BCUT2D eigenvalue weighted by Crippen LogP contribution is -2.41. The van der Waals surface area contributed by atoms with Crippen molar-refractivity contribution < 1.29 is 26.8 Å². The molecule has 3 aromatic rings. The van der Waals surface area contributed by atoms with Crippen LogP contribution in [0.25, 0.3) is 11.0 Å². The van der Waals surface area contributed by atoms with Gasteiger partial charge in [0, 0.05) is 23.5 Å². The topological polar surface area (TPSA) is 76.8 Å². The zero-order chi connectivity index (χ0) is 21.3. The minimum Gasteiger partial charge on any atom is -0.497 e. The Labute approximate surface area is 174 Å². The number of benzene rings is 2. The summed E-state index contributed by atoms with van der Waals surface area (Å²) in [6, 6.07) is 11.1. The van der Waals surface area contributed by atoms with Crippen molar-refractivity contribution in [3.63, 3.8) is 0 Å². The Balaban J connectivity index is 1.60. The SMILES string of the molecule is COc1ccc(CN(C(=O)Cc2coc3ccc(F)cc23)C2CCS(=O)(=O)C2)cc1. The number of rotatable bonds is 6. The Hall–Kier alpha value is -2.87. The highest BCUT2D eigenvalue weighted by molar-refractivity contribution is 7.91. The van der Waals surface area contributed by atoms with Crippen LogP contribution in [0, 0.1) is 5.82 Å². The number of amides is 1. The van der Waals surface area contributed by atoms with Crippen molar-refractivity contribution in [1.29, 1.82) is 0 Å². The molecule has 0 radical (unpaired) electrons. The summed E-state index contributed by atoms with van der Waals surface area (Å²) >= 11 is 0. The quantitative estimate of drug-likeness (QED) is 0.598. The van der Waals surface area contributed by atoms with Crippen LogP contribution in [-0.4, -0.2) is 43.9 Å². The molecule has 1 atom stereocenters. The van der Waals surface area contributed by atoms with Crippen LogP contribution in [0.2, 0.25) is 0 Å². The number of carbonyl (C=O) groups excluding carboxylic acids is 1. The fraction of sp³-hybridized carbons (Fsp3) is 0.318. The van der Waals surface area contributed by atoms with Gasteiger partial charge in [-0.05, 0) is 42.3 Å². The van der Waals surface area contributed by atoms with Crippen molar-refractivity contribution in [2.45, 2.75) is 25.4 Å². The van der Waals surface area contributed by atoms with Crippen LogP contribution < -0.4 is 4.74 Å². The average molecular weight is 431 g/mol. The van der Waals surface area contributed by atoms with Crippen molar-refractivity contribution in [3.05, 3.63) is 65.7 Å². The molecule has 1 unspecified atom stereocenters. The number of hydrogen-bond donors (Lipinski definition) is 0. The highest BCUT2D eigenvalue weighted by Crippen LogP contribution is 2.26. The Morgan fingerprint density at radius 3 is 2.67 bits per heavy atom. The molecule has 2 aromatic carbocycles. The first-order chi connectivity index (χ1) is 14.3. The van der Waals surface area contributed by atoms with Gasteiger partial charge in [-0.15, -0.1) is 0 Å². The number of fused-ring (bicyclic) bond motifs is 1. The number of nitrogens with zero attached hydrogens (tertiary/aromatic N) is 1. The van der Waals surface area contributed by atoms with E-state index in [1.54, 1.807) is 24.1 Å². The molecule has 1 fully saturated rings. The molecular weight excluding hydrogens is 409 g/mol. The van der Waals surface area contributed by atoms with Crippen LogP contribution in [0.4, 0.5) is 4.39 Å². The van der Waals surface area contributed by atoms with E-state index in [2.05, 4.69) is 0 Å². The molecule has 0 saturated carbocycles. The van der Waals surface area contributed by atoms with Crippen LogP contribution in [-0.2, 0) is 27.6 Å². The van der Waals surface area contributed by atoms with E-state index in [0.717, 1.165) is 5.56 Å². The van der Waals surface area contributed by atoms with E-state index in [1.165, 1.54) is 24.5 Å². The average Bonchev–Trinajstić information content (AvgIpc) is 3.29. The fourth-order valence-electron chi connectivity index (χ4n) is 3.83. The summed E-state index contributed by atoms with van der Waals surface area (Å²) in [5.41, 5.74) is 1.95. The van der Waals surface area contributed by atoms with E-state index in [1.807, 2.05) is 12.1 Å². The van der Waals surface area contributed by atoms with Crippen LogP contribution >= 0.6 is 0 Å². The number of halogens is 1. The molecule has 1 aromatic heterocycles. The van der Waals surface area contributed by atoms with Gasteiger partial charge in [-0.25, -0.2) is 12.8 Å². The van der Waals surface area contributed by atoms with Crippen molar-refractivity contribution >= 4 is 26.7 Å². The molecule has 2 heterocycles. The first-order valence-corrected chi connectivity index (χ1v) is 11.5. The number of hydrogen-bond acceptors (Lipinski definition) is 5. The summed E-state index contributed by atoms with van der Waals surface area (Å²) in [4.78, 5) is 14.9.